The number of ether oxygens (including phenoxy) is 1. The summed E-state index contributed by atoms with van der Waals surface area (Å²) in [5.41, 5.74) is 1.03. The summed E-state index contributed by atoms with van der Waals surface area (Å²) in [5, 5.41) is 0. The molecule has 76 valence electrons. The van der Waals surface area contributed by atoms with Crippen LogP contribution in [0.3, 0.4) is 0 Å². The number of carbonyl (C=O) groups excluding carboxylic acids is 1. The van der Waals surface area contributed by atoms with E-state index in [9.17, 15) is 9.18 Å². The fourth-order valence-corrected chi connectivity index (χ4v) is 1.17. The number of hydrogen-bond donors (Lipinski definition) is 0. The number of carbonyl (C=O) groups is 1. The predicted molar refractivity (Wildman–Crippen MR) is 52.0 cm³/mol. The van der Waals surface area contributed by atoms with Gasteiger partial charge in [0.05, 0.1) is 12.2 Å². The molecule has 0 atom stereocenters. The Kier molecular flexibility index (Phi) is 4.26. The fraction of sp³-hybridized carbons (Fsp3) is 0.364. The van der Waals surface area contributed by atoms with Gasteiger partial charge in [0.15, 0.2) is 6.29 Å². The third-order valence-corrected chi connectivity index (χ3v) is 1.93. The van der Waals surface area contributed by atoms with Crippen molar-refractivity contribution >= 4 is 6.29 Å². The largest absolute Gasteiger partial charge is 0.381 e. The highest BCUT2D eigenvalue weighted by atomic mass is 19.1. The second kappa shape index (κ2) is 5.50. The zero-order valence-corrected chi connectivity index (χ0v) is 8.13. The molecule has 0 N–H and O–H groups in total. The van der Waals surface area contributed by atoms with Crippen LogP contribution in [0.1, 0.15) is 22.8 Å². The van der Waals surface area contributed by atoms with Crippen molar-refractivity contribution in [2.45, 2.75) is 13.3 Å². The van der Waals surface area contributed by atoms with Gasteiger partial charge in [-0.3, -0.25) is 4.79 Å². The van der Waals surface area contributed by atoms with Gasteiger partial charge in [0.25, 0.3) is 0 Å². The van der Waals surface area contributed by atoms with E-state index in [1.807, 2.05) is 6.92 Å². The van der Waals surface area contributed by atoms with Gasteiger partial charge in [-0.2, -0.15) is 0 Å². The Morgan fingerprint density at radius 2 is 2.29 bits per heavy atom. The van der Waals surface area contributed by atoms with Crippen LogP contribution in [0.15, 0.2) is 18.2 Å². The van der Waals surface area contributed by atoms with Crippen LogP contribution in [0.5, 0.6) is 0 Å². The van der Waals surface area contributed by atoms with Gasteiger partial charge in [-0.1, -0.05) is 6.07 Å². The molecular formula is C11H13FO2. The zero-order valence-electron chi connectivity index (χ0n) is 8.13. The Bertz CT molecular complexity index is 310. The molecule has 1 rings (SSSR count). The van der Waals surface area contributed by atoms with E-state index in [0.717, 1.165) is 5.56 Å². The molecule has 2 nitrogen and oxygen atoms in total. The van der Waals surface area contributed by atoms with Crippen molar-refractivity contribution < 1.29 is 13.9 Å². The maximum atomic E-state index is 12.9. The highest BCUT2D eigenvalue weighted by Crippen LogP contribution is 2.09. The summed E-state index contributed by atoms with van der Waals surface area (Å²) in [6, 6.07) is 4.54. The summed E-state index contributed by atoms with van der Waals surface area (Å²) in [6.07, 6.45) is 1.23. The van der Waals surface area contributed by atoms with Gasteiger partial charge in [-0.05, 0) is 31.0 Å². The Morgan fingerprint density at radius 3 is 2.93 bits per heavy atom. The number of benzene rings is 1. The summed E-state index contributed by atoms with van der Waals surface area (Å²) < 4.78 is 18.1. The first-order valence-electron chi connectivity index (χ1n) is 4.59. The maximum absolute atomic E-state index is 12.9. The lowest BCUT2D eigenvalue weighted by molar-refractivity contribution is 0.111. The summed E-state index contributed by atoms with van der Waals surface area (Å²) in [5.74, 6) is -0.472. The van der Waals surface area contributed by atoms with Crippen LogP contribution in [-0.4, -0.2) is 19.5 Å². The van der Waals surface area contributed by atoms with Gasteiger partial charge in [-0.25, -0.2) is 4.39 Å². The van der Waals surface area contributed by atoms with Crippen LogP contribution in [0.2, 0.25) is 0 Å². The second-order valence-corrected chi connectivity index (χ2v) is 2.92. The van der Waals surface area contributed by atoms with Gasteiger partial charge in [0.1, 0.15) is 5.82 Å². The van der Waals surface area contributed by atoms with Crippen LogP contribution in [0.4, 0.5) is 4.39 Å². The predicted octanol–water partition coefficient (Wildman–Crippen LogP) is 2.22. The van der Waals surface area contributed by atoms with Crippen LogP contribution >= 0.6 is 0 Å². The minimum atomic E-state index is -0.472. The minimum absolute atomic E-state index is 0.110. The molecule has 0 aliphatic heterocycles. The molecule has 0 aromatic heterocycles. The van der Waals surface area contributed by atoms with E-state index in [0.29, 0.717) is 25.9 Å². The van der Waals surface area contributed by atoms with E-state index >= 15 is 0 Å². The topological polar surface area (TPSA) is 26.3 Å². The Morgan fingerprint density at radius 1 is 1.50 bits per heavy atom. The van der Waals surface area contributed by atoms with Crippen molar-refractivity contribution in [3.05, 3.63) is 35.1 Å². The molecule has 0 saturated heterocycles. The molecule has 0 saturated carbocycles. The van der Waals surface area contributed by atoms with E-state index in [1.54, 1.807) is 12.1 Å². The highest BCUT2D eigenvalue weighted by molar-refractivity contribution is 5.75. The first-order valence-corrected chi connectivity index (χ1v) is 4.59. The Balaban J connectivity index is 2.64. The average Bonchev–Trinajstić information content (AvgIpc) is 2.21. The highest BCUT2D eigenvalue weighted by Gasteiger charge is 2.01. The van der Waals surface area contributed by atoms with E-state index in [2.05, 4.69) is 0 Å². The van der Waals surface area contributed by atoms with Crippen molar-refractivity contribution in [2.75, 3.05) is 13.2 Å². The second-order valence-electron chi connectivity index (χ2n) is 2.92. The first kappa shape index (κ1) is 10.9. The zero-order chi connectivity index (χ0) is 10.4. The lowest BCUT2D eigenvalue weighted by atomic mass is 10.1. The van der Waals surface area contributed by atoms with Crippen molar-refractivity contribution in [1.29, 1.82) is 0 Å². The van der Waals surface area contributed by atoms with E-state index in [1.165, 1.54) is 6.07 Å². The number of hydrogen-bond acceptors (Lipinski definition) is 2. The summed E-state index contributed by atoms with van der Waals surface area (Å²) in [6.45, 7) is 3.18. The monoisotopic (exact) mass is 196 g/mol. The minimum Gasteiger partial charge on any atom is -0.381 e. The Hall–Kier alpha value is -1.22. The third kappa shape index (κ3) is 2.92. The average molecular weight is 196 g/mol. The SMILES string of the molecule is CCOCCc1ccc(F)c(C=O)c1. The van der Waals surface area contributed by atoms with Crippen molar-refractivity contribution in [1.82, 2.24) is 0 Å². The first-order chi connectivity index (χ1) is 6.77. The van der Waals surface area contributed by atoms with Gasteiger partial charge < -0.3 is 4.74 Å². The number of rotatable bonds is 5. The molecule has 0 unspecified atom stereocenters. The van der Waals surface area contributed by atoms with Gasteiger partial charge in [0.2, 0.25) is 0 Å². The molecule has 0 amide bonds. The van der Waals surface area contributed by atoms with Crippen LogP contribution in [0, 0.1) is 5.82 Å². The van der Waals surface area contributed by atoms with E-state index in [4.69, 9.17) is 4.74 Å². The van der Waals surface area contributed by atoms with Crippen LogP contribution in [0.25, 0.3) is 0 Å². The van der Waals surface area contributed by atoms with Crippen molar-refractivity contribution in [2.24, 2.45) is 0 Å². The molecule has 14 heavy (non-hydrogen) atoms. The van der Waals surface area contributed by atoms with Crippen molar-refractivity contribution in [3.63, 3.8) is 0 Å². The van der Waals surface area contributed by atoms with Gasteiger partial charge in [-0.15, -0.1) is 0 Å². The summed E-state index contributed by atoms with van der Waals surface area (Å²) >= 11 is 0. The lowest BCUT2D eigenvalue weighted by Gasteiger charge is -2.03. The molecule has 0 heterocycles. The summed E-state index contributed by atoms with van der Waals surface area (Å²) in [4.78, 5) is 10.4. The van der Waals surface area contributed by atoms with Crippen LogP contribution < -0.4 is 0 Å². The molecule has 0 radical (unpaired) electrons. The van der Waals surface area contributed by atoms with Gasteiger partial charge >= 0.3 is 0 Å². The summed E-state index contributed by atoms with van der Waals surface area (Å²) in [7, 11) is 0. The molecule has 1 aromatic rings. The number of aldehydes is 1. The quantitative estimate of drug-likeness (QED) is 0.533. The molecule has 0 aliphatic carbocycles. The van der Waals surface area contributed by atoms with E-state index < -0.39 is 5.82 Å². The molecule has 0 bridgehead atoms. The fourth-order valence-electron chi connectivity index (χ4n) is 1.17. The smallest absolute Gasteiger partial charge is 0.153 e. The van der Waals surface area contributed by atoms with Gasteiger partial charge in [0, 0.05) is 6.61 Å². The van der Waals surface area contributed by atoms with E-state index in [-0.39, 0.29) is 5.56 Å². The standard InChI is InChI=1S/C11H13FO2/c1-2-14-6-5-9-3-4-11(12)10(7-9)8-13/h3-4,7-8H,2,5-6H2,1H3. The molecule has 0 aliphatic rings. The molecule has 1 aromatic carbocycles. The molecule has 0 fully saturated rings. The van der Waals surface area contributed by atoms with Crippen molar-refractivity contribution in [3.8, 4) is 0 Å². The molecule has 3 heteroatoms. The lowest BCUT2D eigenvalue weighted by Crippen LogP contribution is -1.99. The van der Waals surface area contributed by atoms with Crippen LogP contribution in [-0.2, 0) is 11.2 Å². The Labute approximate surface area is 82.7 Å². The molecule has 0 spiro atoms. The normalized spacial score (nSPS) is 10.1. The number of halogens is 1. The maximum Gasteiger partial charge on any atom is 0.153 e. The molecular weight excluding hydrogens is 183 g/mol. The third-order valence-electron chi connectivity index (χ3n) is 1.93.